The molecule has 17 aromatic rings. The molecule has 7 heteroatoms. The fraction of sp³-hybridized carbons (Fsp3) is 0. The Balaban J connectivity index is 0.780. The highest BCUT2D eigenvalue weighted by atomic mass is 15.0. The number of nitrogens with zero attached hydrogens (tertiary/aromatic N) is 7. The van der Waals surface area contributed by atoms with Gasteiger partial charge in [-0.25, -0.2) is 15.0 Å². The van der Waals surface area contributed by atoms with Gasteiger partial charge in [0, 0.05) is 82.5 Å². The molecular weight excluding hydrogens is 999 g/mol. The number of benzene rings is 12. The molecule has 0 saturated carbocycles. The van der Waals surface area contributed by atoms with Crippen LogP contribution < -0.4 is 0 Å². The van der Waals surface area contributed by atoms with Gasteiger partial charge in [0.15, 0.2) is 17.5 Å². The molecule has 17 rings (SSSR count). The molecule has 0 atom stereocenters. The molecule has 12 aromatic carbocycles. The predicted octanol–water partition coefficient (Wildman–Crippen LogP) is 18.9. The molecule has 0 unspecified atom stereocenters. The first-order chi connectivity index (χ1) is 40.7. The van der Waals surface area contributed by atoms with Crippen molar-refractivity contribution in [2.75, 3.05) is 0 Å². The summed E-state index contributed by atoms with van der Waals surface area (Å²) in [5.74, 6) is 1.93. The number of para-hydroxylation sites is 5. The van der Waals surface area contributed by atoms with Gasteiger partial charge in [-0.15, -0.1) is 0 Å². The van der Waals surface area contributed by atoms with Crippen LogP contribution in [0.1, 0.15) is 0 Å². The van der Waals surface area contributed by atoms with Crippen molar-refractivity contribution in [2.45, 2.75) is 0 Å². The largest absolute Gasteiger partial charge is 0.309 e. The van der Waals surface area contributed by atoms with Crippen LogP contribution in [0, 0.1) is 0 Å². The molecule has 5 heterocycles. The number of aromatic nitrogens is 7. The van der Waals surface area contributed by atoms with Gasteiger partial charge in [-0.1, -0.05) is 188 Å². The summed E-state index contributed by atoms with van der Waals surface area (Å²) in [6.45, 7) is 0. The first kappa shape index (κ1) is 45.8. The molecule has 0 fully saturated rings. The zero-order valence-corrected chi connectivity index (χ0v) is 44.3. The van der Waals surface area contributed by atoms with Crippen LogP contribution in [-0.2, 0) is 0 Å². The normalized spacial score (nSPS) is 11.9. The summed E-state index contributed by atoms with van der Waals surface area (Å²) < 4.78 is 9.72. The van der Waals surface area contributed by atoms with Crippen molar-refractivity contribution in [3.05, 3.63) is 285 Å². The van der Waals surface area contributed by atoms with Gasteiger partial charge in [0.05, 0.1) is 44.1 Å². The Morgan fingerprint density at radius 2 is 0.402 bits per heavy atom. The lowest BCUT2D eigenvalue weighted by molar-refractivity contribution is 1.07. The molecule has 0 amide bonds. The molecule has 82 heavy (non-hydrogen) atoms. The minimum Gasteiger partial charge on any atom is -0.309 e. The van der Waals surface area contributed by atoms with Gasteiger partial charge in [-0.05, 0) is 108 Å². The van der Waals surface area contributed by atoms with Crippen LogP contribution in [0.4, 0.5) is 0 Å². The summed E-state index contributed by atoms with van der Waals surface area (Å²) in [6, 6.07) is 103. The number of hydrogen-bond donors (Lipinski definition) is 0. The van der Waals surface area contributed by atoms with Crippen molar-refractivity contribution in [1.82, 2.24) is 33.2 Å². The molecule has 382 valence electrons. The van der Waals surface area contributed by atoms with Crippen LogP contribution in [0.25, 0.3) is 155 Å². The van der Waals surface area contributed by atoms with Crippen molar-refractivity contribution in [2.24, 2.45) is 0 Å². The van der Waals surface area contributed by atoms with E-state index in [-0.39, 0.29) is 0 Å². The van der Waals surface area contributed by atoms with Crippen LogP contribution >= 0.6 is 0 Å². The lowest BCUT2D eigenvalue weighted by atomic mass is 10.0. The van der Waals surface area contributed by atoms with E-state index in [9.17, 15) is 0 Å². The van der Waals surface area contributed by atoms with Crippen LogP contribution in [-0.4, -0.2) is 33.2 Å². The van der Waals surface area contributed by atoms with Crippen LogP contribution in [0.2, 0.25) is 0 Å². The van der Waals surface area contributed by atoms with Crippen molar-refractivity contribution in [1.29, 1.82) is 0 Å². The number of hydrogen-bond acceptors (Lipinski definition) is 3. The summed E-state index contributed by atoms with van der Waals surface area (Å²) in [7, 11) is 0. The molecule has 5 aromatic heterocycles. The quantitative estimate of drug-likeness (QED) is 0.152. The third kappa shape index (κ3) is 7.13. The first-order valence-corrected chi connectivity index (χ1v) is 27.8. The maximum absolute atomic E-state index is 4.97. The maximum atomic E-state index is 4.97. The van der Waals surface area contributed by atoms with E-state index in [1.54, 1.807) is 0 Å². The van der Waals surface area contributed by atoms with E-state index in [1.165, 1.54) is 65.2 Å². The van der Waals surface area contributed by atoms with Gasteiger partial charge in [0.2, 0.25) is 0 Å². The minimum atomic E-state index is 0.636. The lowest BCUT2D eigenvalue weighted by Gasteiger charge is -2.12. The Morgan fingerprint density at radius 1 is 0.171 bits per heavy atom. The van der Waals surface area contributed by atoms with Gasteiger partial charge >= 0.3 is 0 Å². The molecule has 0 aliphatic carbocycles. The summed E-state index contributed by atoms with van der Waals surface area (Å²) in [6.07, 6.45) is 0. The second kappa shape index (κ2) is 18.2. The van der Waals surface area contributed by atoms with Crippen molar-refractivity contribution in [3.8, 4) is 68.0 Å². The molecule has 0 aliphatic rings. The SMILES string of the molecule is c1ccc(-c2nc(-c3ccccc3)nc(-c3ccc(-c4ccc(-n5c6ccccc6c6cc(-n7c8ccc(-n9c%10ccccc%10c%10ccccc%109)cc8c8cc(-n9c%10ccccc%10c%10ccccc%109)ccc87)ccc65)cc4)cc3)n2)cc1. The zero-order valence-electron chi connectivity index (χ0n) is 44.3. The summed E-state index contributed by atoms with van der Waals surface area (Å²) in [5, 5.41) is 9.76. The monoisotopic (exact) mass is 1050 g/mol. The third-order valence-corrected chi connectivity index (χ3v) is 16.6. The van der Waals surface area contributed by atoms with E-state index < -0.39 is 0 Å². The second-order valence-corrected chi connectivity index (χ2v) is 21.2. The Morgan fingerprint density at radius 3 is 0.756 bits per heavy atom. The van der Waals surface area contributed by atoms with Gasteiger partial charge in [-0.3, -0.25) is 0 Å². The Bertz CT molecular complexity index is 5040. The zero-order chi connectivity index (χ0) is 53.8. The Kier molecular flexibility index (Phi) is 10.2. The van der Waals surface area contributed by atoms with Gasteiger partial charge < -0.3 is 18.3 Å². The molecule has 0 saturated heterocycles. The van der Waals surface area contributed by atoms with Crippen molar-refractivity contribution >= 4 is 87.2 Å². The number of rotatable bonds is 8. The van der Waals surface area contributed by atoms with Crippen LogP contribution in [0.5, 0.6) is 0 Å². The second-order valence-electron chi connectivity index (χ2n) is 21.2. The smallest absolute Gasteiger partial charge is 0.164 e. The molecular formula is C75H47N7. The highest BCUT2D eigenvalue weighted by molar-refractivity contribution is 6.15. The van der Waals surface area contributed by atoms with E-state index >= 15 is 0 Å². The third-order valence-electron chi connectivity index (χ3n) is 16.6. The van der Waals surface area contributed by atoms with Gasteiger partial charge in [0.25, 0.3) is 0 Å². The molecule has 7 nitrogen and oxygen atoms in total. The standard InChI is InChI=1S/C75H47N7/c1-3-17-50(18-4-1)73-76-74(51-19-5-2-6-20-51)78-75(77-73)52-33-31-48(32-34-52)49-35-37-53(38-36-49)79-69-30-16-11-25-61(69)62-45-54(39-42-70(62)79)82-71-43-40-55(80-65-26-12-7-21-57(65)58-22-8-13-27-66(58)80)46-63(71)64-47-56(41-44-72(64)82)81-67-28-14-9-23-59(67)60-24-10-15-29-68(60)81/h1-47H. The molecule has 0 bridgehead atoms. The first-order valence-electron chi connectivity index (χ1n) is 27.8. The fourth-order valence-electron chi connectivity index (χ4n) is 12.9. The molecule has 0 aliphatic heterocycles. The van der Waals surface area contributed by atoms with Crippen LogP contribution in [0.15, 0.2) is 285 Å². The topological polar surface area (TPSA) is 58.4 Å². The van der Waals surface area contributed by atoms with E-state index in [1.807, 2.05) is 60.7 Å². The lowest BCUT2D eigenvalue weighted by Crippen LogP contribution is -2.00. The van der Waals surface area contributed by atoms with Crippen molar-refractivity contribution < 1.29 is 0 Å². The highest BCUT2D eigenvalue weighted by Crippen LogP contribution is 2.42. The summed E-state index contributed by atoms with van der Waals surface area (Å²) >= 11 is 0. The average Bonchev–Trinajstić information content (AvgIpc) is 4.39. The molecule has 0 radical (unpaired) electrons. The van der Waals surface area contributed by atoms with Crippen LogP contribution in [0.3, 0.4) is 0 Å². The predicted molar refractivity (Wildman–Crippen MR) is 339 cm³/mol. The number of fused-ring (bicyclic) bond motifs is 12. The minimum absolute atomic E-state index is 0.636. The van der Waals surface area contributed by atoms with Gasteiger partial charge in [-0.2, -0.15) is 0 Å². The molecule has 0 spiro atoms. The van der Waals surface area contributed by atoms with E-state index in [4.69, 9.17) is 15.0 Å². The fourth-order valence-corrected chi connectivity index (χ4v) is 12.9. The van der Waals surface area contributed by atoms with Gasteiger partial charge in [0.1, 0.15) is 0 Å². The van der Waals surface area contributed by atoms with E-state index in [0.29, 0.717) is 17.5 Å². The van der Waals surface area contributed by atoms with E-state index in [0.717, 1.165) is 72.6 Å². The summed E-state index contributed by atoms with van der Waals surface area (Å²) in [4.78, 5) is 14.8. The Hall–Kier alpha value is -11.2. The molecule has 0 N–H and O–H groups in total. The Labute approximate surface area is 471 Å². The maximum Gasteiger partial charge on any atom is 0.164 e. The average molecular weight is 1050 g/mol. The summed E-state index contributed by atoms with van der Waals surface area (Å²) in [5.41, 5.74) is 18.9. The van der Waals surface area contributed by atoms with E-state index in [2.05, 4.69) is 243 Å². The highest BCUT2D eigenvalue weighted by Gasteiger charge is 2.21. The van der Waals surface area contributed by atoms with Crippen molar-refractivity contribution in [3.63, 3.8) is 0 Å².